The van der Waals surface area contributed by atoms with E-state index in [2.05, 4.69) is 10.3 Å². The number of nitrogens with zero attached hydrogens (tertiary/aromatic N) is 1. The van der Waals surface area contributed by atoms with Crippen molar-refractivity contribution in [3.8, 4) is 5.75 Å². The summed E-state index contributed by atoms with van der Waals surface area (Å²) in [5.74, 6) is 0.286. The van der Waals surface area contributed by atoms with E-state index in [0.717, 1.165) is 10.4 Å². The first-order valence-corrected chi connectivity index (χ1v) is 8.51. The number of aromatic nitrogens is 1. The van der Waals surface area contributed by atoms with Crippen LogP contribution in [0.1, 0.15) is 20.8 Å². The van der Waals surface area contributed by atoms with Gasteiger partial charge in [0, 0.05) is 16.1 Å². The van der Waals surface area contributed by atoms with Crippen LogP contribution in [0.25, 0.3) is 0 Å². The summed E-state index contributed by atoms with van der Waals surface area (Å²) in [5.41, 5.74) is 1.45. The van der Waals surface area contributed by atoms with Crippen LogP contribution in [0.4, 0.5) is 5.13 Å². The fraction of sp³-hybridized carbons (Fsp3) is 0.111. The molecular formula is C18H15ClN2O2S. The lowest BCUT2D eigenvalue weighted by atomic mass is 10.2. The lowest BCUT2D eigenvalue weighted by Crippen LogP contribution is -2.13. The maximum absolute atomic E-state index is 12.5. The van der Waals surface area contributed by atoms with Gasteiger partial charge in [-0.3, -0.25) is 10.1 Å². The van der Waals surface area contributed by atoms with Gasteiger partial charge in [-0.25, -0.2) is 4.98 Å². The summed E-state index contributed by atoms with van der Waals surface area (Å²) in [7, 11) is 0. The summed E-state index contributed by atoms with van der Waals surface area (Å²) in [5, 5.41) is 4.05. The second-order valence-corrected chi connectivity index (χ2v) is 6.81. The van der Waals surface area contributed by atoms with Crippen LogP contribution in [-0.2, 0) is 6.61 Å². The van der Waals surface area contributed by atoms with E-state index in [0.29, 0.717) is 28.1 Å². The number of aryl methyl sites for hydroxylation is 1. The molecule has 0 unspecified atom stereocenters. The van der Waals surface area contributed by atoms with E-state index >= 15 is 0 Å². The molecule has 122 valence electrons. The minimum Gasteiger partial charge on any atom is -0.488 e. The van der Waals surface area contributed by atoms with Gasteiger partial charge in [0.2, 0.25) is 0 Å². The molecule has 0 bridgehead atoms. The van der Waals surface area contributed by atoms with Gasteiger partial charge in [-0.2, -0.15) is 0 Å². The summed E-state index contributed by atoms with van der Waals surface area (Å²) in [6.07, 6.45) is 1.73. The number of ether oxygens (including phenoxy) is 1. The number of hydrogen-bond donors (Lipinski definition) is 1. The summed E-state index contributed by atoms with van der Waals surface area (Å²) < 4.78 is 5.81. The van der Waals surface area contributed by atoms with Gasteiger partial charge in [-0.15, -0.1) is 11.3 Å². The molecule has 0 radical (unpaired) electrons. The first kappa shape index (κ1) is 16.5. The third-order valence-electron chi connectivity index (χ3n) is 3.28. The van der Waals surface area contributed by atoms with E-state index in [4.69, 9.17) is 16.3 Å². The maximum atomic E-state index is 12.5. The minimum atomic E-state index is -0.240. The Morgan fingerprint density at radius 1 is 1.21 bits per heavy atom. The van der Waals surface area contributed by atoms with E-state index in [-0.39, 0.29) is 5.91 Å². The Bertz CT molecular complexity index is 846. The smallest absolute Gasteiger partial charge is 0.261 e. The van der Waals surface area contributed by atoms with Gasteiger partial charge >= 0.3 is 0 Å². The van der Waals surface area contributed by atoms with E-state index in [1.54, 1.807) is 24.4 Å². The molecule has 0 spiro atoms. The molecule has 1 aromatic heterocycles. The van der Waals surface area contributed by atoms with Crippen LogP contribution in [-0.4, -0.2) is 10.9 Å². The molecule has 0 aliphatic heterocycles. The normalized spacial score (nSPS) is 10.4. The molecule has 0 saturated carbocycles. The quantitative estimate of drug-likeness (QED) is 0.703. The third kappa shape index (κ3) is 4.13. The fourth-order valence-corrected chi connectivity index (χ4v) is 2.88. The number of thiazole rings is 1. The number of carbonyl (C=O) groups excluding carboxylic acids is 1. The van der Waals surface area contributed by atoms with Gasteiger partial charge in [0.1, 0.15) is 12.4 Å². The highest BCUT2D eigenvalue weighted by atomic mass is 35.5. The summed E-state index contributed by atoms with van der Waals surface area (Å²) in [6, 6.07) is 14.5. The van der Waals surface area contributed by atoms with Gasteiger partial charge in [0.25, 0.3) is 5.91 Å². The minimum absolute atomic E-state index is 0.240. The monoisotopic (exact) mass is 358 g/mol. The zero-order valence-electron chi connectivity index (χ0n) is 13.0. The third-order valence-corrected chi connectivity index (χ3v) is 4.36. The molecule has 0 atom stereocenters. The lowest BCUT2D eigenvalue weighted by Gasteiger charge is -2.11. The Kier molecular flexibility index (Phi) is 5.13. The Balaban J connectivity index is 1.72. The Morgan fingerprint density at radius 2 is 1.96 bits per heavy atom. The molecule has 0 saturated heterocycles. The average Bonchev–Trinajstić information content (AvgIpc) is 2.99. The molecule has 24 heavy (non-hydrogen) atoms. The molecule has 6 heteroatoms. The molecule has 1 N–H and O–H groups in total. The summed E-state index contributed by atoms with van der Waals surface area (Å²) in [4.78, 5) is 17.6. The van der Waals surface area contributed by atoms with E-state index in [9.17, 15) is 4.79 Å². The number of para-hydroxylation sites is 1. The number of amides is 1. The first-order chi connectivity index (χ1) is 11.6. The molecular weight excluding hydrogens is 344 g/mol. The summed E-state index contributed by atoms with van der Waals surface area (Å²) >= 11 is 7.31. The zero-order valence-corrected chi connectivity index (χ0v) is 14.5. The summed E-state index contributed by atoms with van der Waals surface area (Å²) in [6.45, 7) is 2.30. The van der Waals surface area contributed by atoms with E-state index < -0.39 is 0 Å². The average molecular weight is 359 g/mol. The number of anilines is 1. The van der Waals surface area contributed by atoms with Gasteiger partial charge in [-0.05, 0) is 36.8 Å². The maximum Gasteiger partial charge on any atom is 0.261 e. The van der Waals surface area contributed by atoms with Crippen LogP contribution in [0.2, 0.25) is 5.02 Å². The standard InChI is InChI=1S/C18H15ClN2O2S/c1-12-10-20-18(24-12)21-17(22)15-4-2-3-5-16(15)23-11-13-6-8-14(19)9-7-13/h2-10H,11H2,1H3,(H,20,21,22). The number of rotatable bonds is 5. The van der Waals surface area contributed by atoms with Crippen molar-refractivity contribution in [3.63, 3.8) is 0 Å². The Hall–Kier alpha value is -2.37. The molecule has 1 heterocycles. The number of nitrogens with one attached hydrogen (secondary N) is 1. The highest BCUT2D eigenvalue weighted by Crippen LogP contribution is 2.23. The molecule has 3 aromatic rings. The molecule has 2 aromatic carbocycles. The van der Waals surface area contributed by atoms with Crippen molar-refractivity contribution < 1.29 is 9.53 Å². The molecule has 3 rings (SSSR count). The van der Waals surface area contributed by atoms with Crippen molar-refractivity contribution >= 4 is 34.0 Å². The largest absolute Gasteiger partial charge is 0.488 e. The van der Waals surface area contributed by atoms with Crippen LogP contribution in [0.5, 0.6) is 5.75 Å². The predicted molar refractivity (Wildman–Crippen MR) is 97.0 cm³/mol. The number of carbonyl (C=O) groups is 1. The highest BCUT2D eigenvalue weighted by Gasteiger charge is 2.13. The molecule has 0 aliphatic rings. The molecule has 0 aliphatic carbocycles. The van der Waals surface area contributed by atoms with Gasteiger partial charge in [0.15, 0.2) is 5.13 Å². The molecule has 0 fully saturated rings. The first-order valence-electron chi connectivity index (χ1n) is 7.32. The van der Waals surface area contributed by atoms with Crippen molar-refractivity contribution in [2.45, 2.75) is 13.5 Å². The van der Waals surface area contributed by atoms with Crippen molar-refractivity contribution in [3.05, 3.63) is 75.8 Å². The van der Waals surface area contributed by atoms with Crippen molar-refractivity contribution in [2.75, 3.05) is 5.32 Å². The SMILES string of the molecule is Cc1cnc(NC(=O)c2ccccc2OCc2ccc(Cl)cc2)s1. The lowest BCUT2D eigenvalue weighted by molar-refractivity contribution is 0.102. The van der Waals surface area contributed by atoms with E-state index in [1.165, 1.54) is 11.3 Å². The molecule has 1 amide bonds. The van der Waals surface area contributed by atoms with Crippen LogP contribution in [0, 0.1) is 6.92 Å². The van der Waals surface area contributed by atoms with Crippen molar-refractivity contribution in [2.24, 2.45) is 0 Å². The molecule has 4 nitrogen and oxygen atoms in total. The van der Waals surface area contributed by atoms with Crippen LogP contribution in [0.3, 0.4) is 0 Å². The fourth-order valence-electron chi connectivity index (χ4n) is 2.10. The van der Waals surface area contributed by atoms with Gasteiger partial charge < -0.3 is 4.74 Å². The highest BCUT2D eigenvalue weighted by molar-refractivity contribution is 7.15. The number of benzene rings is 2. The van der Waals surface area contributed by atoms with Crippen molar-refractivity contribution in [1.29, 1.82) is 0 Å². The van der Waals surface area contributed by atoms with E-state index in [1.807, 2.05) is 37.3 Å². The number of halogens is 1. The van der Waals surface area contributed by atoms with Crippen molar-refractivity contribution in [1.82, 2.24) is 4.98 Å². The second kappa shape index (κ2) is 7.47. The van der Waals surface area contributed by atoms with Crippen LogP contribution in [0.15, 0.2) is 54.7 Å². The number of hydrogen-bond acceptors (Lipinski definition) is 4. The topological polar surface area (TPSA) is 51.2 Å². The predicted octanol–water partition coefficient (Wildman–Crippen LogP) is 4.94. The van der Waals surface area contributed by atoms with Crippen LogP contribution >= 0.6 is 22.9 Å². The van der Waals surface area contributed by atoms with Gasteiger partial charge in [0.05, 0.1) is 5.56 Å². The van der Waals surface area contributed by atoms with Crippen LogP contribution < -0.4 is 10.1 Å². The Morgan fingerprint density at radius 3 is 2.67 bits per heavy atom. The second-order valence-electron chi connectivity index (χ2n) is 5.14. The Labute approximate surface area is 149 Å². The zero-order chi connectivity index (χ0) is 16.9. The van der Waals surface area contributed by atoms with Gasteiger partial charge in [-0.1, -0.05) is 35.9 Å².